The van der Waals surface area contributed by atoms with Crippen LogP contribution >= 0.6 is 0 Å². The summed E-state index contributed by atoms with van der Waals surface area (Å²) in [7, 11) is 0. The Bertz CT molecular complexity index is 209. The maximum absolute atomic E-state index is 11.6. The van der Waals surface area contributed by atoms with E-state index in [9.17, 15) is 4.79 Å². The molecule has 0 saturated heterocycles. The molecule has 1 fully saturated rings. The highest BCUT2D eigenvalue weighted by Crippen LogP contribution is 2.16. The minimum atomic E-state index is 0.113. The number of hydrogen-bond acceptors (Lipinski definition) is 3. The van der Waals surface area contributed by atoms with E-state index in [2.05, 4.69) is 5.32 Å². The normalized spacial score (nSPS) is 25.4. The molecular weight excluding hydrogens is 204 g/mol. The second kappa shape index (κ2) is 7.63. The van der Waals surface area contributed by atoms with Crippen molar-refractivity contribution in [3.63, 3.8) is 0 Å². The van der Waals surface area contributed by atoms with Crippen LogP contribution in [0, 0.1) is 0 Å². The van der Waals surface area contributed by atoms with Gasteiger partial charge in [-0.25, -0.2) is 0 Å². The fourth-order valence-electron chi connectivity index (χ4n) is 2.10. The molecule has 0 aromatic heterocycles. The van der Waals surface area contributed by atoms with E-state index >= 15 is 0 Å². The zero-order valence-corrected chi connectivity index (χ0v) is 10.2. The summed E-state index contributed by atoms with van der Waals surface area (Å²) in [4.78, 5) is 11.6. The zero-order chi connectivity index (χ0) is 11.8. The van der Waals surface area contributed by atoms with E-state index in [1.54, 1.807) is 0 Å². The van der Waals surface area contributed by atoms with Crippen molar-refractivity contribution in [3.05, 3.63) is 0 Å². The molecule has 0 unspecified atom stereocenters. The quantitative estimate of drug-likeness (QED) is 0.671. The van der Waals surface area contributed by atoms with Crippen LogP contribution in [-0.4, -0.2) is 31.2 Å². The molecule has 0 spiro atoms. The van der Waals surface area contributed by atoms with Gasteiger partial charge in [0.25, 0.3) is 0 Å². The summed E-state index contributed by atoms with van der Waals surface area (Å²) < 4.78 is 5.19. The van der Waals surface area contributed by atoms with Crippen LogP contribution in [0.1, 0.15) is 45.4 Å². The zero-order valence-electron chi connectivity index (χ0n) is 10.2. The molecule has 4 nitrogen and oxygen atoms in total. The minimum Gasteiger partial charge on any atom is -0.382 e. The van der Waals surface area contributed by atoms with Crippen LogP contribution in [0.2, 0.25) is 0 Å². The first-order chi connectivity index (χ1) is 7.74. The van der Waals surface area contributed by atoms with Crippen molar-refractivity contribution < 1.29 is 9.53 Å². The lowest BCUT2D eigenvalue weighted by Gasteiger charge is -2.29. The first kappa shape index (κ1) is 13.5. The number of nitrogens with two attached hydrogens (primary N) is 1. The summed E-state index contributed by atoms with van der Waals surface area (Å²) in [6.07, 6.45) is 5.77. The SMILES string of the molecule is CCOCCCC(=O)N[C@@H]1CCCC[C@H]1N. The number of carbonyl (C=O) groups excluding carboxylic acids is 1. The maximum atomic E-state index is 11.6. The van der Waals surface area contributed by atoms with Crippen molar-refractivity contribution in [2.45, 2.75) is 57.5 Å². The van der Waals surface area contributed by atoms with Crippen molar-refractivity contribution in [2.75, 3.05) is 13.2 Å². The van der Waals surface area contributed by atoms with Crippen LogP contribution in [0.5, 0.6) is 0 Å². The molecule has 3 N–H and O–H groups in total. The Morgan fingerprint density at radius 2 is 2.19 bits per heavy atom. The Morgan fingerprint density at radius 3 is 2.88 bits per heavy atom. The summed E-state index contributed by atoms with van der Waals surface area (Å²) in [5.41, 5.74) is 5.96. The van der Waals surface area contributed by atoms with E-state index < -0.39 is 0 Å². The van der Waals surface area contributed by atoms with Crippen LogP contribution in [0.15, 0.2) is 0 Å². The number of hydrogen-bond donors (Lipinski definition) is 2. The number of ether oxygens (including phenoxy) is 1. The Morgan fingerprint density at radius 1 is 1.44 bits per heavy atom. The molecule has 0 heterocycles. The lowest BCUT2D eigenvalue weighted by Crippen LogP contribution is -2.49. The van der Waals surface area contributed by atoms with Crippen LogP contribution in [0.4, 0.5) is 0 Å². The Balaban J connectivity index is 2.12. The molecule has 1 amide bonds. The van der Waals surface area contributed by atoms with Crippen LogP contribution in [0.3, 0.4) is 0 Å². The van der Waals surface area contributed by atoms with E-state index in [0.717, 1.165) is 25.9 Å². The molecule has 4 heteroatoms. The molecule has 0 aromatic rings. The van der Waals surface area contributed by atoms with E-state index in [-0.39, 0.29) is 18.0 Å². The minimum absolute atomic E-state index is 0.113. The van der Waals surface area contributed by atoms with Gasteiger partial charge in [0.1, 0.15) is 0 Å². The highest BCUT2D eigenvalue weighted by Gasteiger charge is 2.22. The largest absolute Gasteiger partial charge is 0.382 e. The smallest absolute Gasteiger partial charge is 0.220 e. The highest BCUT2D eigenvalue weighted by atomic mass is 16.5. The standard InChI is InChI=1S/C12H24N2O2/c1-2-16-9-5-8-12(15)14-11-7-4-3-6-10(11)13/h10-11H,2-9,13H2,1H3,(H,14,15)/t10-,11-/m1/s1. The molecule has 2 atom stereocenters. The second-order valence-corrected chi connectivity index (χ2v) is 4.42. The van der Waals surface area contributed by atoms with Gasteiger partial charge in [-0.05, 0) is 26.2 Å². The molecule has 0 aromatic carbocycles. The van der Waals surface area contributed by atoms with Gasteiger partial charge in [-0.15, -0.1) is 0 Å². The monoisotopic (exact) mass is 228 g/mol. The third-order valence-corrected chi connectivity index (χ3v) is 3.06. The van der Waals surface area contributed by atoms with Gasteiger partial charge in [-0.2, -0.15) is 0 Å². The highest BCUT2D eigenvalue weighted by molar-refractivity contribution is 5.76. The van der Waals surface area contributed by atoms with Crippen molar-refractivity contribution in [1.82, 2.24) is 5.32 Å². The molecule has 1 rings (SSSR count). The van der Waals surface area contributed by atoms with E-state index in [1.165, 1.54) is 12.8 Å². The van der Waals surface area contributed by atoms with Crippen molar-refractivity contribution in [3.8, 4) is 0 Å². The molecule has 0 bridgehead atoms. The molecule has 0 aliphatic heterocycles. The first-order valence-corrected chi connectivity index (χ1v) is 6.36. The van der Waals surface area contributed by atoms with Gasteiger partial charge >= 0.3 is 0 Å². The lowest BCUT2D eigenvalue weighted by molar-refractivity contribution is -0.122. The molecule has 0 radical (unpaired) electrons. The average molecular weight is 228 g/mol. The van der Waals surface area contributed by atoms with Gasteiger partial charge in [0.15, 0.2) is 0 Å². The predicted molar refractivity (Wildman–Crippen MR) is 64.1 cm³/mol. The second-order valence-electron chi connectivity index (χ2n) is 4.42. The third kappa shape index (κ3) is 4.94. The van der Waals surface area contributed by atoms with Crippen LogP contribution in [0.25, 0.3) is 0 Å². The fourth-order valence-corrected chi connectivity index (χ4v) is 2.10. The number of nitrogens with one attached hydrogen (secondary N) is 1. The summed E-state index contributed by atoms with van der Waals surface area (Å²) in [5.74, 6) is 0.113. The van der Waals surface area contributed by atoms with Gasteiger partial charge in [-0.3, -0.25) is 4.79 Å². The summed E-state index contributed by atoms with van der Waals surface area (Å²) in [5, 5.41) is 3.03. The molecule has 94 valence electrons. The Hall–Kier alpha value is -0.610. The maximum Gasteiger partial charge on any atom is 0.220 e. The van der Waals surface area contributed by atoms with Gasteiger partial charge in [0.05, 0.1) is 0 Å². The molecule has 1 aliphatic carbocycles. The van der Waals surface area contributed by atoms with Gasteiger partial charge in [0.2, 0.25) is 5.91 Å². The van der Waals surface area contributed by atoms with Crippen LogP contribution in [-0.2, 0) is 9.53 Å². The number of amides is 1. The topological polar surface area (TPSA) is 64.3 Å². The van der Waals surface area contributed by atoms with Crippen molar-refractivity contribution >= 4 is 5.91 Å². The fraction of sp³-hybridized carbons (Fsp3) is 0.917. The summed E-state index contributed by atoms with van der Waals surface area (Å²) in [6.45, 7) is 3.34. The van der Waals surface area contributed by atoms with Crippen molar-refractivity contribution in [2.24, 2.45) is 5.73 Å². The molecule has 1 saturated carbocycles. The summed E-state index contributed by atoms with van der Waals surface area (Å²) >= 11 is 0. The predicted octanol–water partition coefficient (Wildman–Crippen LogP) is 1.19. The van der Waals surface area contributed by atoms with E-state index in [0.29, 0.717) is 13.0 Å². The molecule has 16 heavy (non-hydrogen) atoms. The Kier molecular flexibility index (Phi) is 6.42. The van der Waals surface area contributed by atoms with Gasteiger partial charge in [-0.1, -0.05) is 12.8 Å². The average Bonchev–Trinajstić information content (AvgIpc) is 2.28. The number of carbonyl (C=O) groups is 1. The van der Waals surface area contributed by atoms with E-state index in [4.69, 9.17) is 10.5 Å². The molecule has 1 aliphatic rings. The van der Waals surface area contributed by atoms with Crippen LogP contribution < -0.4 is 11.1 Å². The Labute approximate surface area is 97.9 Å². The summed E-state index contributed by atoms with van der Waals surface area (Å²) in [6, 6.07) is 0.331. The third-order valence-electron chi connectivity index (χ3n) is 3.06. The van der Waals surface area contributed by atoms with E-state index in [1.807, 2.05) is 6.92 Å². The lowest BCUT2D eigenvalue weighted by atomic mass is 9.91. The molecular formula is C12H24N2O2. The van der Waals surface area contributed by atoms with Gasteiger partial charge < -0.3 is 15.8 Å². The number of rotatable bonds is 6. The van der Waals surface area contributed by atoms with Crippen molar-refractivity contribution in [1.29, 1.82) is 0 Å². The first-order valence-electron chi connectivity index (χ1n) is 6.36. The van der Waals surface area contributed by atoms with Gasteiger partial charge in [0, 0.05) is 31.7 Å².